The van der Waals surface area contributed by atoms with Gasteiger partial charge in [0.05, 0.1) is 11.1 Å². The van der Waals surface area contributed by atoms with Crippen molar-refractivity contribution in [2.24, 2.45) is 0 Å². The highest BCUT2D eigenvalue weighted by molar-refractivity contribution is 5.84. The van der Waals surface area contributed by atoms with Crippen LogP contribution in [0.25, 0.3) is 27.9 Å². The summed E-state index contributed by atoms with van der Waals surface area (Å²) in [5.41, 5.74) is 2.21. The van der Waals surface area contributed by atoms with Crippen molar-refractivity contribution < 1.29 is 13.2 Å². The summed E-state index contributed by atoms with van der Waals surface area (Å²) in [6.07, 6.45) is 0.630. The summed E-state index contributed by atoms with van der Waals surface area (Å²) in [5.74, 6) is -0.299. The lowest BCUT2D eigenvalue weighted by atomic mass is 9.87. The third-order valence-corrected chi connectivity index (χ3v) is 5.28. The van der Waals surface area contributed by atoms with Gasteiger partial charge in [0.25, 0.3) is 6.43 Å². The fourth-order valence-electron chi connectivity index (χ4n) is 3.85. The molecule has 4 aromatic heterocycles. The molecule has 0 amide bonds. The molecule has 4 heterocycles. The molecule has 0 saturated heterocycles. The zero-order valence-electron chi connectivity index (χ0n) is 17.9. The minimum absolute atomic E-state index is 0.209. The van der Waals surface area contributed by atoms with Gasteiger partial charge in [-0.15, -0.1) is 0 Å². The molecule has 0 fully saturated rings. The van der Waals surface area contributed by atoms with Crippen LogP contribution in [-0.4, -0.2) is 19.4 Å². The Bertz CT molecular complexity index is 1250. The molecule has 0 saturated carbocycles. The topological polar surface area (TPSA) is 46.0 Å². The van der Waals surface area contributed by atoms with Crippen molar-refractivity contribution >= 4 is 16.7 Å². The monoisotopic (exact) mass is 414 g/mol. The van der Waals surface area contributed by atoms with Gasteiger partial charge in [0, 0.05) is 34.6 Å². The quantitative estimate of drug-likeness (QED) is 0.404. The number of alkyl halides is 2. The highest BCUT2D eigenvalue weighted by Gasteiger charge is 2.29. The smallest absolute Gasteiger partial charge is 0.282 e. The SMILES string of the molecule is CC(C)(C)c1cnc2[nH]c(-c3ccn4c(C(C)(C)C)c(C(F)F)nc4c3)cc2c1F. The zero-order chi connectivity index (χ0) is 22.0. The maximum absolute atomic E-state index is 15.1. The summed E-state index contributed by atoms with van der Waals surface area (Å²) in [6, 6.07) is 5.25. The molecule has 0 bridgehead atoms. The number of hydrogen-bond acceptors (Lipinski definition) is 2. The number of fused-ring (bicyclic) bond motifs is 2. The first-order valence-electron chi connectivity index (χ1n) is 9.86. The standard InChI is InChI=1S/C23H25F3N4/c1-22(2,3)14-11-27-21-13(17(14)24)10-15(28-21)12-7-8-30-16(9-12)29-18(20(25)26)19(30)23(4,5)6/h7-11,20H,1-6H3,(H,27,28). The Kier molecular flexibility index (Phi) is 4.49. The van der Waals surface area contributed by atoms with Crippen LogP contribution in [0.4, 0.5) is 13.2 Å². The second kappa shape index (κ2) is 6.59. The molecule has 7 heteroatoms. The number of H-pyrrole nitrogens is 1. The van der Waals surface area contributed by atoms with Gasteiger partial charge < -0.3 is 9.38 Å². The van der Waals surface area contributed by atoms with Crippen LogP contribution in [0.15, 0.2) is 30.6 Å². The minimum atomic E-state index is -2.66. The van der Waals surface area contributed by atoms with E-state index in [0.717, 1.165) is 5.56 Å². The van der Waals surface area contributed by atoms with Gasteiger partial charge in [0.2, 0.25) is 0 Å². The summed E-state index contributed by atoms with van der Waals surface area (Å²) in [7, 11) is 0. The summed E-state index contributed by atoms with van der Waals surface area (Å²) in [4.78, 5) is 11.7. The predicted octanol–water partition coefficient (Wildman–Crippen LogP) is 6.55. The number of hydrogen-bond donors (Lipinski definition) is 1. The van der Waals surface area contributed by atoms with Crippen LogP contribution in [0.5, 0.6) is 0 Å². The maximum Gasteiger partial charge on any atom is 0.282 e. The lowest BCUT2D eigenvalue weighted by molar-refractivity contribution is 0.144. The third-order valence-electron chi connectivity index (χ3n) is 5.28. The number of nitrogens with one attached hydrogen (secondary N) is 1. The van der Waals surface area contributed by atoms with E-state index in [2.05, 4.69) is 15.0 Å². The Hall–Kier alpha value is -2.83. The predicted molar refractivity (Wildman–Crippen MR) is 113 cm³/mol. The van der Waals surface area contributed by atoms with E-state index in [-0.39, 0.29) is 16.9 Å². The largest absolute Gasteiger partial charge is 0.339 e. The van der Waals surface area contributed by atoms with Gasteiger partial charge >= 0.3 is 0 Å². The highest BCUT2D eigenvalue weighted by atomic mass is 19.3. The number of aromatic nitrogens is 4. The minimum Gasteiger partial charge on any atom is -0.339 e. The van der Waals surface area contributed by atoms with Crippen LogP contribution in [0, 0.1) is 5.82 Å². The molecule has 0 aliphatic rings. The molecule has 4 rings (SSSR count). The van der Waals surface area contributed by atoms with Crippen LogP contribution in [0.1, 0.15) is 64.9 Å². The number of rotatable bonds is 2. The molecule has 4 aromatic rings. The van der Waals surface area contributed by atoms with Gasteiger partial charge in [-0.05, 0) is 23.6 Å². The Labute approximate surface area is 173 Å². The number of aromatic amines is 1. The first-order chi connectivity index (χ1) is 13.9. The fourth-order valence-corrected chi connectivity index (χ4v) is 3.85. The van der Waals surface area contributed by atoms with Gasteiger partial charge in [-0.25, -0.2) is 23.1 Å². The van der Waals surface area contributed by atoms with Crippen molar-refractivity contribution in [3.63, 3.8) is 0 Å². The normalized spacial score (nSPS) is 13.1. The fraction of sp³-hybridized carbons (Fsp3) is 0.391. The van der Waals surface area contributed by atoms with E-state index in [0.29, 0.717) is 33.6 Å². The number of pyridine rings is 2. The maximum atomic E-state index is 15.1. The van der Waals surface area contributed by atoms with Crippen molar-refractivity contribution in [2.45, 2.75) is 58.8 Å². The average Bonchev–Trinajstić information content (AvgIpc) is 3.21. The second-order valence-electron chi connectivity index (χ2n) is 9.72. The molecule has 0 atom stereocenters. The molecule has 30 heavy (non-hydrogen) atoms. The van der Waals surface area contributed by atoms with Crippen molar-refractivity contribution in [1.29, 1.82) is 0 Å². The molecular weight excluding hydrogens is 389 g/mol. The summed E-state index contributed by atoms with van der Waals surface area (Å²) in [6.45, 7) is 11.5. The molecular formula is C23H25F3N4. The first-order valence-corrected chi connectivity index (χ1v) is 9.86. The molecule has 0 spiro atoms. The molecule has 158 valence electrons. The van der Waals surface area contributed by atoms with Crippen LogP contribution < -0.4 is 0 Å². The van der Waals surface area contributed by atoms with Gasteiger partial charge in [0.1, 0.15) is 22.8 Å². The van der Waals surface area contributed by atoms with Gasteiger partial charge in [-0.1, -0.05) is 41.5 Å². The Balaban J connectivity index is 1.88. The van der Waals surface area contributed by atoms with Gasteiger partial charge in [-0.3, -0.25) is 0 Å². The highest BCUT2D eigenvalue weighted by Crippen LogP contribution is 2.35. The Morgan fingerprint density at radius 3 is 2.33 bits per heavy atom. The third kappa shape index (κ3) is 3.26. The van der Waals surface area contributed by atoms with E-state index < -0.39 is 11.8 Å². The van der Waals surface area contributed by atoms with E-state index in [1.54, 1.807) is 28.9 Å². The summed E-state index contributed by atoms with van der Waals surface area (Å²) < 4.78 is 44.0. The van der Waals surface area contributed by atoms with Crippen LogP contribution in [0.3, 0.4) is 0 Å². The lowest BCUT2D eigenvalue weighted by Crippen LogP contribution is -2.17. The molecule has 0 aliphatic heterocycles. The summed E-state index contributed by atoms with van der Waals surface area (Å²) >= 11 is 0. The van der Waals surface area contributed by atoms with Crippen molar-refractivity contribution in [3.05, 3.63) is 53.4 Å². The molecule has 0 aromatic carbocycles. The number of halogens is 3. The second-order valence-corrected chi connectivity index (χ2v) is 9.72. The molecule has 0 unspecified atom stereocenters. The van der Waals surface area contributed by atoms with Crippen LogP contribution in [-0.2, 0) is 10.8 Å². The summed E-state index contributed by atoms with van der Waals surface area (Å²) in [5, 5.41) is 0.407. The van der Waals surface area contributed by atoms with Gasteiger partial charge in [0.15, 0.2) is 0 Å². The van der Waals surface area contributed by atoms with Crippen LogP contribution in [0.2, 0.25) is 0 Å². The number of nitrogens with zero attached hydrogens (tertiary/aromatic N) is 3. The molecule has 4 nitrogen and oxygen atoms in total. The van der Waals surface area contributed by atoms with Crippen LogP contribution >= 0.6 is 0 Å². The molecule has 1 N–H and O–H groups in total. The van der Waals surface area contributed by atoms with E-state index >= 15 is 4.39 Å². The molecule has 0 radical (unpaired) electrons. The van der Waals surface area contributed by atoms with E-state index in [1.165, 1.54) is 0 Å². The Morgan fingerprint density at radius 2 is 1.73 bits per heavy atom. The van der Waals surface area contributed by atoms with E-state index in [9.17, 15) is 8.78 Å². The van der Waals surface area contributed by atoms with Crippen molar-refractivity contribution in [3.8, 4) is 11.3 Å². The number of imidazole rings is 1. The Morgan fingerprint density at radius 1 is 1.03 bits per heavy atom. The first kappa shape index (κ1) is 20.4. The van der Waals surface area contributed by atoms with Gasteiger partial charge in [-0.2, -0.15) is 0 Å². The van der Waals surface area contributed by atoms with E-state index in [1.807, 2.05) is 47.6 Å². The van der Waals surface area contributed by atoms with Crippen molar-refractivity contribution in [2.75, 3.05) is 0 Å². The van der Waals surface area contributed by atoms with Crippen molar-refractivity contribution in [1.82, 2.24) is 19.4 Å². The zero-order valence-corrected chi connectivity index (χ0v) is 17.9. The van der Waals surface area contributed by atoms with E-state index in [4.69, 9.17) is 0 Å². The lowest BCUT2D eigenvalue weighted by Gasteiger charge is -2.20. The average molecular weight is 414 g/mol. The molecule has 0 aliphatic carbocycles.